The normalized spacial score (nSPS) is 15.7. The fourth-order valence-electron chi connectivity index (χ4n) is 2.52. The van der Waals surface area contributed by atoms with Gasteiger partial charge in [-0.2, -0.15) is 13.2 Å². The number of halogens is 4. The van der Waals surface area contributed by atoms with Crippen LogP contribution >= 0.6 is 11.6 Å². The molecule has 2 aromatic rings. The zero-order valence-corrected chi connectivity index (χ0v) is 15.5. The highest BCUT2D eigenvalue weighted by Gasteiger charge is 2.32. The van der Waals surface area contributed by atoms with Gasteiger partial charge in [0.05, 0.1) is 21.0 Å². The lowest BCUT2D eigenvalue weighted by Crippen LogP contribution is -2.17. The molecular weight excluding hydrogens is 401 g/mol. The summed E-state index contributed by atoms with van der Waals surface area (Å²) < 4.78 is 49.2. The summed E-state index contributed by atoms with van der Waals surface area (Å²) in [5.74, 6) is 0.211. The Kier molecular flexibility index (Phi) is 4.97. The first-order valence-electron chi connectivity index (χ1n) is 8.02. The van der Waals surface area contributed by atoms with E-state index in [4.69, 9.17) is 21.1 Å². The first-order valence-corrected chi connectivity index (χ1v) is 8.40. The lowest BCUT2D eigenvalue weighted by molar-refractivity contribution is -0.385. The molecule has 1 aliphatic heterocycles. The van der Waals surface area contributed by atoms with Crippen LogP contribution in [-0.4, -0.2) is 23.0 Å². The Balaban J connectivity index is 1.96. The minimum atomic E-state index is -4.53. The molecule has 0 saturated heterocycles. The maximum absolute atomic E-state index is 12.7. The Morgan fingerprint density at radius 1 is 1.25 bits per heavy atom. The number of nitro groups is 1. The molecule has 0 atom stereocenters. The van der Waals surface area contributed by atoms with E-state index in [1.165, 1.54) is 18.2 Å². The number of benzene rings is 2. The third kappa shape index (κ3) is 4.19. The monoisotopic (exact) mass is 414 g/mol. The Labute approximate surface area is 162 Å². The van der Waals surface area contributed by atoms with E-state index in [-0.39, 0.29) is 40.3 Å². The van der Waals surface area contributed by atoms with Crippen LogP contribution in [0.4, 0.5) is 18.9 Å². The average molecular weight is 415 g/mol. The minimum Gasteiger partial charge on any atom is -0.475 e. The molecule has 1 heterocycles. The van der Waals surface area contributed by atoms with Gasteiger partial charge >= 0.3 is 6.18 Å². The van der Waals surface area contributed by atoms with Crippen molar-refractivity contribution in [2.75, 3.05) is 6.61 Å². The van der Waals surface area contributed by atoms with Crippen molar-refractivity contribution in [1.82, 2.24) is 0 Å². The molecule has 0 fully saturated rings. The van der Waals surface area contributed by atoms with Gasteiger partial charge in [0.2, 0.25) is 5.90 Å². The van der Waals surface area contributed by atoms with Crippen LogP contribution < -0.4 is 4.74 Å². The number of hydrogen-bond donors (Lipinski definition) is 0. The van der Waals surface area contributed by atoms with Gasteiger partial charge in [0.15, 0.2) is 0 Å². The molecule has 0 radical (unpaired) electrons. The highest BCUT2D eigenvalue weighted by Crippen LogP contribution is 2.37. The predicted octanol–water partition coefficient (Wildman–Crippen LogP) is 5.61. The number of ether oxygens (including phenoxy) is 2. The van der Waals surface area contributed by atoms with Gasteiger partial charge in [-0.3, -0.25) is 10.1 Å². The van der Waals surface area contributed by atoms with Crippen molar-refractivity contribution in [2.24, 2.45) is 4.99 Å². The third-order valence-corrected chi connectivity index (χ3v) is 4.14. The summed E-state index contributed by atoms with van der Waals surface area (Å²) in [6, 6.07) is 6.53. The molecule has 3 rings (SSSR count). The maximum atomic E-state index is 12.7. The molecule has 0 bridgehead atoms. The molecule has 10 heteroatoms. The topological polar surface area (TPSA) is 74.0 Å². The number of rotatable bonds is 4. The van der Waals surface area contributed by atoms with E-state index in [1.54, 1.807) is 0 Å². The molecule has 0 saturated carbocycles. The fraction of sp³-hybridized carbons (Fsp3) is 0.278. The predicted molar refractivity (Wildman–Crippen MR) is 96.2 cm³/mol. The Morgan fingerprint density at radius 2 is 1.96 bits per heavy atom. The SMILES string of the molecule is CC1(C)COC(c2cc(Oc3ccc(C(F)(F)F)cc3Cl)ccc2[N+](=O)[O-])=N1. The second-order valence-electron chi connectivity index (χ2n) is 6.70. The maximum Gasteiger partial charge on any atom is 0.416 e. The van der Waals surface area contributed by atoms with E-state index in [0.29, 0.717) is 0 Å². The van der Waals surface area contributed by atoms with Gasteiger partial charge < -0.3 is 9.47 Å². The molecule has 6 nitrogen and oxygen atoms in total. The van der Waals surface area contributed by atoms with Crippen LogP contribution in [0.2, 0.25) is 5.02 Å². The summed E-state index contributed by atoms with van der Waals surface area (Å²) in [6.07, 6.45) is -4.53. The summed E-state index contributed by atoms with van der Waals surface area (Å²) >= 11 is 5.89. The van der Waals surface area contributed by atoms with Crippen LogP contribution in [0.15, 0.2) is 41.4 Å². The lowest BCUT2D eigenvalue weighted by Gasteiger charge is -2.12. The van der Waals surface area contributed by atoms with Crippen molar-refractivity contribution in [1.29, 1.82) is 0 Å². The van der Waals surface area contributed by atoms with E-state index >= 15 is 0 Å². The van der Waals surface area contributed by atoms with E-state index < -0.39 is 22.2 Å². The van der Waals surface area contributed by atoms with Gasteiger partial charge in [-0.1, -0.05) is 11.6 Å². The molecule has 0 amide bonds. The molecule has 0 aromatic heterocycles. The van der Waals surface area contributed by atoms with Gasteiger partial charge in [-0.15, -0.1) is 0 Å². The van der Waals surface area contributed by atoms with Crippen molar-refractivity contribution < 1.29 is 27.6 Å². The van der Waals surface area contributed by atoms with Crippen LogP contribution in [0.3, 0.4) is 0 Å². The smallest absolute Gasteiger partial charge is 0.416 e. The highest BCUT2D eigenvalue weighted by molar-refractivity contribution is 6.32. The van der Waals surface area contributed by atoms with Crippen molar-refractivity contribution in [3.63, 3.8) is 0 Å². The van der Waals surface area contributed by atoms with Gasteiger partial charge in [-0.25, -0.2) is 4.99 Å². The van der Waals surface area contributed by atoms with Crippen LogP contribution in [0.25, 0.3) is 0 Å². The second kappa shape index (κ2) is 6.97. The number of hydrogen-bond acceptors (Lipinski definition) is 5. The minimum absolute atomic E-state index is 0.0240. The van der Waals surface area contributed by atoms with Crippen LogP contribution in [0.5, 0.6) is 11.5 Å². The average Bonchev–Trinajstić information content (AvgIpc) is 2.95. The standard InChI is InChI=1S/C18H14ClF3N2O4/c1-17(2)9-27-16(23-17)12-8-11(4-5-14(12)24(25)26)28-15-6-3-10(7-13(15)19)18(20,21)22/h3-8H,9H2,1-2H3. The van der Waals surface area contributed by atoms with Crippen molar-refractivity contribution in [2.45, 2.75) is 25.6 Å². The summed E-state index contributed by atoms with van der Waals surface area (Å²) in [5, 5.41) is 11.1. The lowest BCUT2D eigenvalue weighted by atomic mass is 10.1. The van der Waals surface area contributed by atoms with E-state index in [2.05, 4.69) is 4.99 Å². The Bertz CT molecular complexity index is 974. The first kappa shape index (κ1) is 19.9. The number of alkyl halides is 3. The molecule has 28 heavy (non-hydrogen) atoms. The van der Waals surface area contributed by atoms with Crippen LogP contribution in [-0.2, 0) is 10.9 Å². The molecule has 0 aliphatic carbocycles. The van der Waals surface area contributed by atoms with Gasteiger partial charge in [0.1, 0.15) is 23.7 Å². The molecule has 0 unspecified atom stereocenters. The summed E-state index contributed by atoms with van der Waals surface area (Å²) in [4.78, 5) is 15.1. The molecule has 0 N–H and O–H groups in total. The molecule has 2 aromatic carbocycles. The zero-order chi connectivity index (χ0) is 20.7. The number of aliphatic imine (C=N–C) groups is 1. The fourth-order valence-corrected chi connectivity index (χ4v) is 2.74. The number of nitro benzene ring substituents is 1. The van der Waals surface area contributed by atoms with Gasteiger partial charge in [0.25, 0.3) is 5.69 Å². The Hall–Kier alpha value is -2.81. The first-order chi connectivity index (χ1) is 13.0. The largest absolute Gasteiger partial charge is 0.475 e. The van der Waals surface area contributed by atoms with Crippen LogP contribution in [0.1, 0.15) is 25.0 Å². The molecule has 148 valence electrons. The van der Waals surface area contributed by atoms with Gasteiger partial charge in [0, 0.05) is 12.1 Å². The van der Waals surface area contributed by atoms with Gasteiger partial charge in [-0.05, 0) is 38.1 Å². The number of nitrogens with zero attached hydrogens (tertiary/aromatic N) is 2. The third-order valence-electron chi connectivity index (χ3n) is 3.85. The summed E-state index contributed by atoms with van der Waals surface area (Å²) in [6.45, 7) is 3.89. The second-order valence-corrected chi connectivity index (χ2v) is 7.11. The zero-order valence-electron chi connectivity index (χ0n) is 14.7. The molecule has 0 spiro atoms. The molecular formula is C18H14ClF3N2O4. The quantitative estimate of drug-likeness (QED) is 0.481. The van der Waals surface area contributed by atoms with Crippen molar-refractivity contribution in [3.8, 4) is 11.5 Å². The van der Waals surface area contributed by atoms with Crippen LogP contribution in [0, 0.1) is 10.1 Å². The van der Waals surface area contributed by atoms with E-state index in [0.717, 1.165) is 18.2 Å². The summed E-state index contributed by atoms with van der Waals surface area (Å²) in [5.41, 5.74) is -1.57. The van der Waals surface area contributed by atoms with E-state index in [9.17, 15) is 23.3 Å². The van der Waals surface area contributed by atoms with Crippen molar-refractivity contribution in [3.05, 3.63) is 62.7 Å². The van der Waals surface area contributed by atoms with Crippen molar-refractivity contribution >= 4 is 23.2 Å². The molecule has 1 aliphatic rings. The Morgan fingerprint density at radius 3 is 2.50 bits per heavy atom. The highest BCUT2D eigenvalue weighted by atomic mass is 35.5. The summed E-state index contributed by atoms with van der Waals surface area (Å²) in [7, 11) is 0. The van der Waals surface area contributed by atoms with E-state index in [1.807, 2.05) is 13.8 Å².